The van der Waals surface area contributed by atoms with E-state index in [-0.39, 0.29) is 21.1 Å². The van der Waals surface area contributed by atoms with Crippen molar-refractivity contribution in [1.29, 1.82) is 0 Å². The number of pyridine rings is 2. The number of aryl methyl sites for hydroxylation is 3. The van der Waals surface area contributed by atoms with Crippen LogP contribution in [0, 0.1) is 47.0 Å². The molecule has 186 valence electrons. The van der Waals surface area contributed by atoms with Gasteiger partial charge in [0.15, 0.2) is 0 Å². The fourth-order valence-corrected chi connectivity index (χ4v) is 3.64. The Kier molecular flexibility index (Phi) is 7.15. The van der Waals surface area contributed by atoms with E-state index < -0.39 is 17.3 Å². The molecule has 0 N–H and O–H groups in total. The van der Waals surface area contributed by atoms with E-state index in [1.807, 2.05) is 53.7 Å². The van der Waals surface area contributed by atoms with E-state index in [0.717, 1.165) is 44.4 Å². The van der Waals surface area contributed by atoms with Crippen LogP contribution in [-0.2, 0) is 32.7 Å². The van der Waals surface area contributed by atoms with Crippen LogP contribution in [0.5, 0.6) is 0 Å². The fraction of sp³-hybridized carbons (Fsp3) is 0.360. The topological polar surface area (TPSA) is 61.4 Å². The normalized spacial score (nSPS) is 12.1. The number of halogens is 3. The first-order chi connectivity index (χ1) is 15.8. The molecule has 0 aromatic carbocycles. The largest absolute Gasteiger partial charge is 2.00 e. The first kappa shape index (κ1) is 26.8. The summed E-state index contributed by atoms with van der Waals surface area (Å²) in [6.07, 6.45) is 1.09. The molecule has 0 atom stereocenters. The van der Waals surface area contributed by atoms with Crippen LogP contribution in [0.25, 0.3) is 11.6 Å². The van der Waals surface area contributed by atoms with Gasteiger partial charge < -0.3 is 9.36 Å². The Morgan fingerprint density at radius 3 is 1.57 bits per heavy atom. The summed E-state index contributed by atoms with van der Waals surface area (Å²) < 4.78 is 42.0. The molecule has 0 bridgehead atoms. The van der Waals surface area contributed by atoms with Crippen molar-refractivity contribution in [3.63, 3.8) is 0 Å². The van der Waals surface area contributed by atoms with Gasteiger partial charge in [-0.25, -0.2) is 0 Å². The molecule has 0 amide bonds. The van der Waals surface area contributed by atoms with Crippen molar-refractivity contribution in [2.75, 3.05) is 0 Å². The molecule has 0 saturated carbocycles. The third kappa shape index (κ3) is 4.96. The van der Waals surface area contributed by atoms with Crippen molar-refractivity contribution in [2.24, 2.45) is 0 Å². The molecular formula is C25H25F3N6Pt. The Morgan fingerprint density at radius 1 is 0.714 bits per heavy atom. The van der Waals surface area contributed by atoms with Crippen molar-refractivity contribution >= 4 is 0 Å². The van der Waals surface area contributed by atoms with Crippen LogP contribution in [0.3, 0.4) is 0 Å². The molecule has 0 radical (unpaired) electrons. The van der Waals surface area contributed by atoms with E-state index in [2.05, 4.69) is 22.6 Å². The summed E-state index contributed by atoms with van der Waals surface area (Å²) in [5.74, 6) is 0.981. The molecule has 0 spiro atoms. The number of rotatable bonds is 4. The Balaban J connectivity index is 0.00000342. The maximum Gasteiger partial charge on any atom is 2.00 e. The third-order valence-electron chi connectivity index (χ3n) is 6.17. The van der Waals surface area contributed by atoms with E-state index in [4.69, 9.17) is 9.97 Å². The van der Waals surface area contributed by atoms with Crippen molar-refractivity contribution in [2.45, 2.75) is 60.1 Å². The van der Waals surface area contributed by atoms with Gasteiger partial charge in [0.05, 0.1) is 17.3 Å². The van der Waals surface area contributed by atoms with Crippen LogP contribution in [-0.4, -0.2) is 29.5 Å². The van der Waals surface area contributed by atoms with Crippen molar-refractivity contribution in [1.82, 2.24) is 29.5 Å². The van der Waals surface area contributed by atoms with Crippen LogP contribution in [0.15, 0.2) is 24.3 Å². The van der Waals surface area contributed by atoms with E-state index in [1.165, 1.54) is 0 Å². The zero-order valence-corrected chi connectivity index (χ0v) is 22.7. The SMILES string of the molecule is Cc1c[c-]n(-c2nc(C(C)(C)c3cc(C)c(C)c(-n4[c-]cc(C(F)(F)F)n4)n3)cc(C)c2C)n1.[Pt+2]. The van der Waals surface area contributed by atoms with E-state index in [0.29, 0.717) is 17.3 Å². The van der Waals surface area contributed by atoms with Gasteiger partial charge in [0.1, 0.15) is 0 Å². The molecule has 0 fully saturated rings. The number of nitrogens with zero attached hydrogens (tertiary/aromatic N) is 6. The standard InChI is InChI=1S/C25H25F3N6.Pt/c1-14-12-20(29-22(17(14)4)33-10-8-16(3)31-33)24(6,7)21-13-15(2)18(5)23(30-21)34-11-9-19(32-34)25(26,27)28;/h8-9,12-13H,1-7H3;/q-2;+2. The second-order valence-electron chi connectivity index (χ2n) is 9.07. The predicted molar refractivity (Wildman–Crippen MR) is 121 cm³/mol. The maximum absolute atomic E-state index is 13.1. The average molecular weight is 662 g/mol. The molecule has 4 aromatic rings. The van der Waals surface area contributed by atoms with E-state index in [9.17, 15) is 13.2 Å². The molecule has 10 heteroatoms. The van der Waals surface area contributed by atoms with Gasteiger partial charge in [0, 0.05) is 16.8 Å². The molecule has 0 aliphatic carbocycles. The van der Waals surface area contributed by atoms with Gasteiger partial charge in [-0.3, -0.25) is 20.2 Å². The van der Waals surface area contributed by atoms with Crippen LogP contribution < -0.4 is 0 Å². The summed E-state index contributed by atoms with van der Waals surface area (Å²) in [5, 5.41) is 8.13. The smallest absolute Gasteiger partial charge is 0.343 e. The second-order valence-corrected chi connectivity index (χ2v) is 9.07. The summed E-state index contributed by atoms with van der Waals surface area (Å²) in [6.45, 7) is 13.6. The molecule has 4 rings (SSSR count). The van der Waals surface area contributed by atoms with E-state index in [1.54, 1.807) is 17.7 Å². The van der Waals surface area contributed by atoms with Gasteiger partial charge in [0.2, 0.25) is 0 Å². The number of hydrogen-bond donors (Lipinski definition) is 0. The van der Waals surface area contributed by atoms with Crippen molar-refractivity contribution in [3.8, 4) is 11.6 Å². The summed E-state index contributed by atoms with van der Waals surface area (Å²) >= 11 is 0. The van der Waals surface area contributed by atoms with Gasteiger partial charge in [0.25, 0.3) is 0 Å². The number of aromatic nitrogens is 6. The van der Waals surface area contributed by atoms with Crippen molar-refractivity contribution < 1.29 is 34.2 Å². The van der Waals surface area contributed by atoms with Crippen LogP contribution in [0.2, 0.25) is 0 Å². The number of hydrogen-bond acceptors (Lipinski definition) is 4. The van der Waals surface area contributed by atoms with Gasteiger partial charge in [-0.2, -0.15) is 13.2 Å². The minimum atomic E-state index is -4.55. The quantitative estimate of drug-likeness (QED) is 0.278. The summed E-state index contributed by atoms with van der Waals surface area (Å²) in [7, 11) is 0. The molecule has 0 saturated heterocycles. The molecule has 4 aromatic heterocycles. The first-order valence-electron chi connectivity index (χ1n) is 10.8. The maximum atomic E-state index is 13.1. The van der Waals surface area contributed by atoms with Crippen LogP contribution in [0.4, 0.5) is 13.2 Å². The van der Waals surface area contributed by atoms with E-state index >= 15 is 0 Å². The summed E-state index contributed by atoms with van der Waals surface area (Å²) in [4.78, 5) is 9.64. The van der Waals surface area contributed by atoms with Gasteiger partial charge in [-0.05, 0) is 59.4 Å². The molecular weight excluding hydrogens is 636 g/mol. The minimum absolute atomic E-state index is 0. The zero-order valence-electron chi connectivity index (χ0n) is 20.4. The second kappa shape index (κ2) is 9.34. The van der Waals surface area contributed by atoms with Gasteiger partial charge >= 0.3 is 27.2 Å². The Hall–Kier alpha value is -2.80. The zero-order chi connectivity index (χ0) is 25.0. The van der Waals surface area contributed by atoms with Gasteiger partial charge in [-0.15, -0.1) is 12.1 Å². The molecule has 0 aliphatic heterocycles. The Bertz CT molecular complexity index is 1380. The van der Waals surface area contributed by atoms with Gasteiger partial charge in [-0.1, -0.05) is 41.6 Å². The monoisotopic (exact) mass is 661 g/mol. The van der Waals surface area contributed by atoms with Crippen LogP contribution in [0.1, 0.15) is 58.9 Å². The predicted octanol–water partition coefficient (Wildman–Crippen LogP) is 5.33. The Morgan fingerprint density at radius 2 is 1.17 bits per heavy atom. The molecule has 6 nitrogen and oxygen atoms in total. The molecule has 0 unspecified atom stereocenters. The van der Waals surface area contributed by atoms with Crippen LogP contribution >= 0.6 is 0 Å². The first-order valence-corrected chi connectivity index (χ1v) is 10.8. The minimum Gasteiger partial charge on any atom is -0.343 e. The molecule has 4 heterocycles. The molecule has 0 aliphatic rings. The van der Waals surface area contributed by atoms with Crippen molar-refractivity contribution in [3.05, 3.63) is 81.7 Å². The summed E-state index contributed by atoms with van der Waals surface area (Å²) in [6, 6.07) is 6.57. The summed E-state index contributed by atoms with van der Waals surface area (Å²) in [5.41, 5.74) is 4.20. The average Bonchev–Trinajstić information content (AvgIpc) is 3.41. The fourth-order valence-electron chi connectivity index (χ4n) is 3.64. The molecule has 35 heavy (non-hydrogen) atoms. The Labute approximate surface area is 216 Å². The number of alkyl halides is 3. The third-order valence-corrected chi connectivity index (χ3v) is 6.17.